The molecule has 1 aromatic carbocycles. The highest BCUT2D eigenvalue weighted by molar-refractivity contribution is 5.84. The first-order chi connectivity index (χ1) is 14.5. The summed E-state index contributed by atoms with van der Waals surface area (Å²) in [5.74, 6) is -1.83. The number of carbonyl (C=O) groups is 3. The van der Waals surface area contributed by atoms with Gasteiger partial charge in [-0.25, -0.2) is 9.59 Å². The summed E-state index contributed by atoms with van der Waals surface area (Å²) >= 11 is 0. The first kappa shape index (κ1) is 23.9. The van der Waals surface area contributed by atoms with Gasteiger partial charge in [-0.2, -0.15) is 0 Å². The molecular weight excluding hydrogens is 412 g/mol. The van der Waals surface area contributed by atoms with E-state index in [1.54, 1.807) is 20.8 Å². The summed E-state index contributed by atoms with van der Waals surface area (Å²) in [5.41, 5.74) is -0.930. The molecule has 3 atom stereocenters. The first-order valence-electron chi connectivity index (χ1n) is 9.52. The molecule has 0 aliphatic carbocycles. The lowest BCUT2D eigenvalue weighted by Gasteiger charge is -2.28. The Balaban J connectivity index is 2.36. The van der Waals surface area contributed by atoms with Gasteiger partial charge in [-0.3, -0.25) is 19.8 Å². The van der Waals surface area contributed by atoms with Crippen LogP contribution < -0.4 is 4.74 Å². The Labute approximate surface area is 179 Å². The van der Waals surface area contributed by atoms with Crippen molar-refractivity contribution in [3.05, 3.63) is 34.4 Å². The van der Waals surface area contributed by atoms with Crippen LogP contribution in [0.2, 0.25) is 0 Å². The summed E-state index contributed by atoms with van der Waals surface area (Å²) in [7, 11) is 2.39. The van der Waals surface area contributed by atoms with Crippen molar-refractivity contribution in [2.24, 2.45) is 5.92 Å². The number of carbonyl (C=O) groups excluding carboxylic acids is 3. The van der Waals surface area contributed by atoms with Crippen molar-refractivity contribution in [1.82, 2.24) is 4.90 Å². The number of likely N-dealkylation sites (tertiary alicyclic amines) is 1. The van der Waals surface area contributed by atoms with E-state index in [0.29, 0.717) is 0 Å². The molecule has 0 N–H and O–H groups in total. The lowest BCUT2D eigenvalue weighted by molar-refractivity contribution is -0.384. The molecule has 0 spiro atoms. The Hall–Kier alpha value is -3.37. The summed E-state index contributed by atoms with van der Waals surface area (Å²) in [5, 5.41) is 10.9. The molecule has 0 radical (unpaired) electrons. The maximum Gasteiger partial charge on any atom is 0.411 e. The third-order valence-corrected chi connectivity index (χ3v) is 4.63. The van der Waals surface area contributed by atoms with Crippen molar-refractivity contribution in [2.75, 3.05) is 20.8 Å². The Bertz CT molecular complexity index is 832. The average molecular weight is 438 g/mol. The zero-order valence-electron chi connectivity index (χ0n) is 18.0. The van der Waals surface area contributed by atoms with Crippen LogP contribution in [0.3, 0.4) is 0 Å². The highest BCUT2D eigenvalue weighted by Gasteiger charge is 2.51. The second-order valence-electron chi connectivity index (χ2n) is 7.95. The third-order valence-electron chi connectivity index (χ3n) is 4.63. The number of nitro groups is 1. The number of esters is 2. The molecule has 1 aliphatic rings. The quantitative estimate of drug-likeness (QED) is 0.284. The number of hydrogen-bond acceptors (Lipinski definition) is 9. The van der Waals surface area contributed by atoms with E-state index in [4.69, 9.17) is 18.9 Å². The van der Waals surface area contributed by atoms with Gasteiger partial charge in [0.25, 0.3) is 5.69 Å². The standard InChI is InChI=1S/C20H26N2O9/c1-20(2,3)31-19(25)21-11-15(30-13-8-6-12(7-9-13)22(26)27)14(10-16(23)28-4)17(21)18(24)29-5/h6-9,14-15,17H,10-11H2,1-5H3. The SMILES string of the molecule is COC(=O)CC1C(Oc2ccc([N+](=O)[O-])cc2)CN(C(=O)OC(C)(C)C)C1C(=O)OC. The second-order valence-corrected chi connectivity index (χ2v) is 7.95. The van der Waals surface area contributed by atoms with Crippen molar-refractivity contribution in [1.29, 1.82) is 0 Å². The van der Waals surface area contributed by atoms with E-state index < -0.39 is 46.6 Å². The summed E-state index contributed by atoms with van der Waals surface area (Å²) in [6, 6.07) is 4.20. The van der Waals surface area contributed by atoms with Crippen molar-refractivity contribution in [2.45, 2.75) is 44.9 Å². The minimum atomic E-state index is -1.14. The van der Waals surface area contributed by atoms with Crippen LogP contribution in [0.25, 0.3) is 0 Å². The Kier molecular flexibility index (Phi) is 7.42. The molecule has 1 heterocycles. The van der Waals surface area contributed by atoms with E-state index >= 15 is 0 Å². The third kappa shape index (κ3) is 6.06. The fourth-order valence-electron chi connectivity index (χ4n) is 3.27. The summed E-state index contributed by atoms with van der Waals surface area (Å²) < 4.78 is 20.9. The fourth-order valence-corrected chi connectivity index (χ4v) is 3.27. The summed E-state index contributed by atoms with van der Waals surface area (Å²) in [6.45, 7) is 4.99. The van der Waals surface area contributed by atoms with E-state index in [0.717, 1.165) is 0 Å². The number of nitro benzene ring substituents is 1. The van der Waals surface area contributed by atoms with Gasteiger partial charge in [0.2, 0.25) is 0 Å². The van der Waals surface area contributed by atoms with Crippen LogP contribution in [-0.2, 0) is 23.8 Å². The molecule has 3 unspecified atom stereocenters. The number of rotatable bonds is 6. The number of hydrogen-bond donors (Lipinski definition) is 0. The average Bonchev–Trinajstić information content (AvgIpc) is 3.04. The van der Waals surface area contributed by atoms with Crippen LogP contribution >= 0.6 is 0 Å². The Morgan fingerprint density at radius 2 is 1.74 bits per heavy atom. The minimum absolute atomic E-state index is 0.0622. The van der Waals surface area contributed by atoms with Crippen molar-refractivity contribution in [3.63, 3.8) is 0 Å². The number of methoxy groups -OCH3 is 2. The van der Waals surface area contributed by atoms with E-state index in [2.05, 4.69) is 0 Å². The molecule has 1 saturated heterocycles. The van der Waals surface area contributed by atoms with E-state index in [-0.39, 0.29) is 24.4 Å². The van der Waals surface area contributed by atoms with Crippen LogP contribution in [0, 0.1) is 16.0 Å². The molecule has 1 amide bonds. The number of amides is 1. The largest absolute Gasteiger partial charge is 0.488 e. The molecule has 1 aromatic rings. The van der Waals surface area contributed by atoms with Crippen LogP contribution in [0.5, 0.6) is 5.75 Å². The maximum absolute atomic E-state index is 12.8. The molecule has 31 heavy (non-hydrogen) atoms. The van der Waals surface area contributed by atoms with Gasteiger partial charge in [-0.1, -0.05) is 0 Å². The molecule has 1 fully saturated rings. The number of nitrogens with zero attached hydrogens (tertiary/aromatic N) is 2. The van der Waals surface area contributed by atoms with Gasteiger partial charge in [-0.05, 0) is 32.9 Å². The number of ether oxygens (including phenoxy) is 4. The Morgan fingerprint density at radius 3 is 2.23 bits per heavy atom. The fraction of sp³-hybridized carbons (Fsp3) is 0.550. The predicted molar refractivity (Wildman–Crippen MR) is 106 cm³/mol. The molecule has 11 heteroatoms. The normalized spacial score (nSPS) is 20.7. The van der Waals surface area contributed by atoms with Gasteiger partial charge in [0.1, 0.15) is 23.5 Å². The molecule has 1 aliphatic heterocycles. The van der Waals surface area contributed by atoms with E-state index in [1.165, 1.54) is 43.4 Å². The molecule has 0 aromatic heterocycles. The first-order valence-corrected chi connectivity index (χ1v) is 9.52. The van der Waals surface area contributed by atoms with Gasteiger partial charge in [0.15, 0.2) is 0 Å². The smallest absolute Gasteiger partial charge is 0.411 e. The summed E-state index contributed by atoms with van der Waals surface area (Å²) in [4.78, 5) is 48.8. The predicted octanol–water partition coefficient (Wildman–Crippen LogP) is 2.31. The van der Waals surface area contributed by atoms with Gasteiger partial charge in [0, 0.05) is 18.1 Å². The van der Waals surface area contributed by atoms with Crippen LogP contribution in [0.15, 0.2) is 24.3 Å². The number of non-ortho nitro benzene ring substituents is 1. The monoisotopic (exact) mass is 438 g/mol. The van der Waals surface area contributed by atoms with E-state index in [1.807, 2.05) is 0 Å². The minimum Gasteiger partial charge on any atom is -0.488 e. The van der Waals surface area contributed by atoms with Gasteiger partial charge in [-0.15, -0.1) is 0 Å². The van der Waals surface area contributed by atoms with Crippen molar-refractivity contribution < 1.29 is 38.3 Å². The van der Waals surface area contributed by atoms with Gasteiger partial charge >= 0.3 is 18.0 Å². The van der Waals surface area contributed by atoms with Gasteiger partial charge in [0.05, 0.1) is 32.1 Å². The van der Waals surface area contributed by atoms with E-state index in [9.17, 15) is 24.5 Å². The lowest BCUT2D eigenvalue weighted by atomic mass is 9.94. The molecule has 0 saturated carbocycles. The highest BCUT2D eigenvalue weighted by atomic mass is 16.6. The zero-order valence-corrected chi connectivity index (χ0v) is 18.0. The Morgan fingerprint density at radius 1 is 1.13 bits per heavy atom. The van der Waals surface area contributed by atoms with Crippen LogP contribution in [0.4, 0.5) is 10.5 Å². The molecular formula is C20H26N2O9. The van der Waals surface area contributed by atoms with Gasteiger partial charge < -0.3 is 18.9 Å². The molecule has 170 valence electrons. The van der Waals surface area contributed by atoms with Crippen LogP contribution in [-0.4, -0.2) is 66.4 Å². The van der Waals surface area contributed by atoms with Crippen molar-refractivity contribution in [3.8, 4) is 5.75 Å². The molecule has 2 rings (SSSR count). The molecule has 11 nitrogen and oxygen atoms in total. The zero-order chi connectivity index (χ0) is 23.3. The maximum atomic E-state index is 12.8. The lowest BCUT2D eigenvalue weighted by Crippen LogP contribution is -2.46. The second kappa shape index (κ2) is 9.63. The van der Waals surface area contributed by atoms with Crippen LogP contribution in [0.1, 0.15) is 27.2 Å². The number of benzene rings is 1. The van der Waals surface area contributed by atoms with Crippen molar-refractivity contribution >= 4 is 23.7 Å². The summed E-state index contributed by atoms with van der Waals surface area (Å²) in [6.07, 6.45) is -1.77. The highest BCUT2D eigenvalue weighted by Crippen LogP contribution is 2.33. The topological polar surface area (TPSA) is 135 Å². The molecule has 0 bridgehead atoms.